The van der Waals surface area contributed by atoms with Crippen LogP contribution in [0.2, 0.25) is 0 Å². The molecule has 0 saturated heterocycles. The van der Waals surface area contributed by atoms with E-state index in [1.807, 2.05) is 0 Å². The van der Waals surface area contributed by atoms with E-state index in [1.54, 1.807) is 0 Å². The molecule has 0 saturated carbocycles. The fraction of sp³-hybridized carbons (Fsp3) is 0. The quantitative estimate of drug-likeness (QED) is 0.464. The first-order valence-corrected chi connectivity index (χ1v) is 1.30. The molecule has 0 amide bonds. The van der Waals surface area contributed by atoms with Crippen LogP contribution in [0.1, 0.15) is 0 Å². The molecule has 0 rings (SSSR count). The van der Waals surface area contributed by atoms with Gasteiger partial charge in [0.1, 0.15) is 0 Å². The maximum absolute atomic E-state index is 8.56. The monoisotopic (exact) mass is 405 g/mol. The van der Waals surface area contributed by atoms with Crippen LogP contribution in [0.25, 0.3) is 0 Å². The Morgan fingerprint density at radius 2 is 0.800 bits per heavy atom. The molecule has 6 nitrogen and oxygen atoms in total. The topological polar surface area (TPSA) is 115 Å². The minimum atomic E-state index is -1.83. The molecular formula is C2H4LaNdO6. The van der Waals surface area contributed by atoms with E-state index in [0.29, 0.717) is 0 Å². The van der Waals surface area contributed by atoms with Gasteiger partial charge in [-0.1, -0.05) is 0 Å². The van der Waals surface area contributed by atoms with Crippen molar-refractivity contribution in [3.05, 3.63) is 0 Å². The number of carboxylic acid groups (broad SMARTS) is 4. The van der Waals surface area contributed by atoms with Gasteiger partial charge in [0.15, 0.2) is 0 Å². The van der Waals surface area contributed by atoms with Gasteiger partial charge in [-0.3, -0.25) is 0 Å². The summed E-state index contributed by atoms with van der Waals surface area (Å²) in [5.74, 6) is 0. The molecule has 55 valence electrons. The zero-order valence-corrected chi connectivity index (χ0v) is 11.5. The van der Waals surface area contributed by atoms with E-state index in [-0.39, 0.29) is 76.4 Å². The third-order valence-electron chi connectivity index (χ3n) is 0. The Morgan fingerprint density at radius 1 is 0.800 bits per heavy atom. The van der Waals surface area contributed by atoms with Crippen LogP contribution < -0.4 is 0 Å². The molecule has 0 aromatic rings. The molecule has 0 spiro atoms. The summed E-state index contributed by atoms with van der Waals surface area (Å²) in [6.07, 6.45) is -3.67. The maximum Gasteiger partial charge on any atom is 0.503 e. The van der Waals surface area contributed by atoms with E-state index in [0.717, 1.165) is 0 Å². The second-order valence-electron chi connectivity index (χ2n) is 0.565. The molecule has 0 aliphatic heterocycles. The summed E-state index contributed by atoms with van der Waals surface area (Å²) < 4.78 is 0. The van der Waals surface area contributed by atoms with Crippen LogP contribution >= 0.6 is 0 Å². The predicted octanol–water partition coefficient (Wildman–Crippen LogP) is 0.445. The largest absolute Gasteiger partial charge is 0.503 e. The van der Waals surface area contributed by atoms with Crippen molar-refractivity contribution < 1.29 is 106 Å². The smallest absolute Gasteiger partial charge is 0.450 e. The Morgan fingerprint density at radius 3 is 0.800 bits per heavy atom. The predicted molar refractivity (Wildman–Crippen MR) is 21.3 cm³/mol. The number of hydrogen-bond acceptors (Lipinski definition) is 2. The normalized spacial score (nSPS) is 4.80. The van der Waals surface area contributed by atoms with Crippen molar-refractivity contribution in [3.63, 3.8) is 0 Å². The summed E-state index contributed by atoms with van der Waals surface area (Å²) in [4.78, 5) is 17.1. The van der Waals surface area contributed by atoms with Gasteiger partial charge >= 0.3 is 12.3 Å². The van der Waals surface area contributed by atoms with E-state index >= 15 is 0 Å². The van der Waals surface area contributed by atoms with E-state index in [1.165, 1.54) is 0 Å². The molecule has 0 aromatic heterocycles. The Bertz CT molecular complexity index is 73.7. The summed E-state index contributed by atoms with van der Waals surface area (Å²) in [6, 6.07) is 0. The Balaban J connectivity index is -0.0000000300. The van der Waals surface area contributed by atoms with Crippen molar-refractivity contribution in [2.45, 2.75) is 0 Å². The Labute approximate surface area is 117 Å². The zero-order chi connectivity index (χ0) is 7.15. The third kappa shape index (κ3) is 504. The maximum atomic E-state index is 8.56. The van der Waals surface area contributed by atoms with E-state index < -0.39 is 12.3 Å². The molecule has 1 radical (unpaired) electrons. The molecule has 0 aromatic carbocycles. The van der Waals surface area contributed by atoms with Gasteiger partial charge in [0, 0.05) is 76.4 Å². The average molecular weight is 407 g/mol. The Hall–Kier alpha value is 1.09. The second-order valence-corrected chi connectivity index (χ2v) is 0.565. The van der Waals surface area contributed by atoms with Crippen molar-refractivity contribution in [1.29, 1.82) is 0 Å². The third-order valence-corrected chi connectivity index (χ3v) is 0. The van der Waals surface area contributed by atoms with Crippen molar-refractivity contribution >= 4 is 12.3 Å². The van der Waals surface area contributed by atoms with Gasteiger partial charge in [-0.2, -0.15) is 0 Å². The summed E-state index contributed by atoms with van der Waals surface area (Å²) in [5, 5.41) is 27.9. The average Bonchev–Trinajstić information content (AvgIpc) is 1.25. The van der Waals surface area contributed by atoms with Crippen molar-refractivity contribution in [2.24, 2.45) is 0 Å². The molecule has 0 unspecified atom stereocenters. The molecule has 0 bridgehead atoms. The van der Waals surface area contributed by atoms with Gasteiger partial charge in [0.2, 0.25) is 0 Å². The van der Waals surface area contributed by atoms with Gasteiger partial charge in [0.25, 0.3) is 0 Å². The fourth-order valence-corrected chi connectivity index (χ4v) is 0. The van der Waals surface area contributed by atoms with E-state index in [9.17, 15) is 0 Å². The summed E-state index contributed by atoms with van der Waals surface area (Å²) in [7, 11) is 0. The Kier molecular flexibility index (Phi) is 37.2. The SMILES string of the molecule is O=C(O)O.O=C(O)O.[La].[Nd]. The van der Waals surface area contributed by atoms with E-state index in [2.05, 4.69) is 0 Å². The van der Waals surface area contributed by atoms with Crippen molar-refractivity contribution in [2.75, 3.05) is 0 Å². The van der Waals surface area contributed by atoms with Crippen LogP contribution in [0.3, 0.4) is 0 Å². The molecule has 0 aliphatic carbocycles. The fourth-order valence-electron chi connectivity index (χ4n) is 0. The van der Waals surface area contributed by atoms with Gasteiger partial charge in [-0.25, -0.2) is 9.59 Å². The first kappa shape index (κ1) is 22.5. The number of carbonyl (C=O) groups is 2. The van der Waals surface area contributed by atoms with Crippen LogP contribution in [-0.4, -0.2) is 32.7 Å². The molecule has 0 aliphatic rings. The van der Waals surface area contributed by atoms with Gasteiger partial charge in [-0.05, 0) is 0 Å². The van der Waals surface area contributed by atoms with Gasteiger partial charge in [-0.15, -0.1) is 0 Å². The molecular weight excluding hydrogens is 403 g/mol. The number of rotatable bonds is 0. The second kappa shape index (κ2) is 16.6. The summed E-state index contributed by atoms with van der Waals surface area (Å²) in [5.41, 5.74) is 0. The van der Waals surface area contributed by atoms with Crippen molar-refractivity contribution in [1.82, 2.24) is 0 Å². The van der Waals surface area contributed by atoms with E-state index in [4.69, 9.17) is 30.0 Å². The molecule has 0 heterocycles. The molecule has 10 heavy (non-hydrogen) atoms. The molecule has 0 fully saturated rings. The number of hydrogen-bond donors (Lipinski definition) is 4. The van der Waals surface area contributed by atoms with Crippen molar-refractivity contribution in [3.8, 4) is 0 Å². The van der Waals surface area contributed by atoms with Gasteiger partial charge in [0.05, 0.1) is 0 Å². The van der Waals surface area contributed by atoms with Crippen LogP contribution in [0, 0.1) is 76.4 Å². The van der Waals surface area contributed by atoms with Crippen LogP contribution in [0.5, 0.6) is 0 Å². The standard InChI is InChI=1S/2CH2O3.La.Nd/c2*2-1(3)4;;/h2*(H2,2,3,4);;. The molecule has 4 N–H and O–H groups in total. The zero-order valence-electron chi connectivity index (χ0n) is 4.68. The minimum Gasteiger partial charge on any atom is -0.450 e. The van der Waals surface area contributed by atoms with Crippen LogP contribution in [-0.2, 0) is 0 Å². The minimum absolute atomic E-state index is 0. The van der Waals surface area contributed by atoms with Gasteiger partial charge < -0.3 is 20.4 Å². The summed E-state index contributed by atoms with van der Waals surface area (Å²) >= 11 is 0. The van der Waals surface area contributed by atoms with Crippen LogP contribution in [0.4, 0.5) is 9.59 Å². The van der Waals surface area contributed by atoms with Crippen LogP contribution in [0.15, 0.2) is 0 Å². The first-order valence-electron chi connectivity index (χ1n) is 1.30. The summed E-state index contributed by atoms with van der Waals surface area (Å²) in [6.45, 7) is 0. The molecule has 8 heteroatoms. The first-order chi connectivity index (χ1) is 3.46. The molecule has 0 atom stereocenters.